The van der Waals surface area contributed by atoms with Crippen molar-refractivity contribution in [1.29, 1.82) is 0 Å². The number of benzene rings is 2. The molecule has 4 rings (SSSR count). The van der Waals surface area contributed by atoms with Crippen molar-refractivity contribution in [3.8, 4) is 11.5 Å². The van der Waals surface area contributed by atoms with Crippen LogP contribution >= 0.6 is 11.3 Å². The Morgan fingerprint density at radius 1 is 1.15 bits per heavy atom. The van der Waals surface area contributed by atoms with Crippen molar-refractivity contribution in [1.82, 2.24) is 4.90 Å². The normalized spacial score (nSPS) is 12.1. The summed E-state index contributed by atoms with van der Waals surface area (Å²) in [5, 5.41) is 4.84. The van der Waals surface area contributed by atoms with Crippen LogP contribution in [0.1, 0.15) is 22.2 Å². The molecule has 0 saturated heterocycles. The molecule has 136 valence electrons. The first kappa shape index (κ1) is 17.3. The van der Waals surface area contributed by atoms with Crippen LogP contribution in [0.2, 0.25) is 0 Å². The van der Waals surface area contributed by atoms with E-state index in [1.807, 2.05) is 61.0 Å². The number of nitrogens with one attached hydrogen (secondary N) is 1. The molecule has 1 amide bonds. The van der Waals surface area contributed by atoms with Crippen molar-refractivity contribution in [2.75, 3.05) is 18.9 Å². The summed E-state index contributed by atoms with van der Waals surface area (Å²) in [6, 6.07) is 17.0. The number of rotatable bonds is 3. The van der Waals surface area contributed by atoms with Crippen LogP contribution in [0.25, 0.3) is 0 Å². The van der Waals surface area contributed by atoms with Crippen molar-refractivity contribution in [2.45, 2.75) is 6.92 Å². The van der Waals surface area contributed by atoms with Gasteiger partial charge in [0.05, 0.1) is 10.4 Å². The Kier molecular flexibility index (Phi) is 4.64. The quantitative estimate of drug-likeness (QED) is 0.688. The number of amidine groups is 1. The van der Waals surface area contributed by atoms with Crippen molar-refractivity contribution in [3.63, 3.8) is 0 Å². The first-order valence-electron chi connectivity index (χ1n) is 8.71. The molecule has 1 N–H and O–H groups in total. The molecule has 0 bridgehead atoms. The standard InChI is InChI=1S/C21H19N3O2S/c1-3-24(2)20-15-13-14(22-21(25)19-9-6-12-27-19)10-11-17(15)26-18-8-5-4-7-16(18)23-20/h4-13H,3H2,1-2H3,(H,22,25). The van der Waals surface area contributed by atoms with E-state index >= 15 is 0 Å². The van der Waals surface area contributed by atoms with Gasteiger partial charge >= 0.3 is 0 Å². The van der Waals surface area contributed by atoms with Crippen LogP contribution in [-0.2, 0) is 0 Å². The second kappa shape index (κ2) is 7.25. The molecule has 6 heteroatoms. The highest BCUT2D eigenvalue weighted by atomic mass is 32.1. The minimum absolute atomic E-state index is 0.120. The number of aliphatic imine (C=N–C) groups is 1. The average molecular weight is 377 g/mol. The van der Waals surface area contributed by atoms with Crippen molar-refractivity contribution >= 4 is 34.5 Å². The molecule has 0 saturated carbocycles. The molecule has 0 aliphatic carbocycles. The van der Waals surface area contributed by atoms with Crippen LogP contribution in [0, 0.1) is 0 Å². The molecule has 0 unspecified atom stereocenters. The second-order valence-corrected chi connectivity index (χ2v) is 7.11. The van der Waals surface area contributed by atoms with Crippen molar-refractivity contribution in [2.24, 2.45) is 4.99 Å². The average Bonchev–Trinajstić information content (AvgIpc) is 3.17. The zero-order chi connectivity index (χ0) is 18.8. The number of fused-ring (bicyclic) bond motifs is 2. The topological polar surface area (TPSA) is 53.9 Å². The van der Waals surface area contributed by atoms with E-state index in [0.29, 0.717) is 22.1 Å². The maximum Gasteiger partial charge on any atom is 0.265 e. The van der Waals surface area contributed by atoms with Gasteiger partial charge in [0.15, 0.2) is 5.75 Å². The fraction of sp³-hybridized carbons (Fsp3) is 0.143. The third-order valence-corrected chi connectivity index (χ3v) is 5.24. The van der Waals surface area contributed by atoms with E-state index in [1.165, 1.54) is 11.3 Å². The van der Waals surface area contributed by atoms with Gasteiger partial charge in [-0.2, -0.15) is 0 Å². The van der Waals surface area contributed by atoms with Crippen LogP contribution in [0.4, 0.5) is 11.4 Å². The first-order valence-corrected chi connectivity index (χ1v) is 9.59. The van der Waals surface area contributed by atoms with Crippen LogP contribution in [0.3, 0.4) is 0 Å². The molecule has 0 fully saturated rings. The lowest BCUT2D eigenvalue weighted by molar-refractivity contribution is 0.103. The molecular weight excluding hydrogens is 358 g/mol. The fourth-order valence-electron chi connectivity index (χ4n) is 2.84. The van der Waals surface area contributed by atoms with E-state index in [-0.39, 0.29) is 5.91 Å². The third-order valence-electron chi connectivity index (χ3n) is 4.37. The Balaban J connectivity index is 1.75. The molecule has 1 aliphatic heterocycles. The molecule has 1 aromatic heterocycles. The predicted octanol–water partition coefficient (Wildman–Crippen LogP) is 5.14. The summed E-state index contributed by atoms with van der Waals surface area (Å²) in [6.45, 7) is 2.87. The lowest BCUT2D eigenvalue weighted by Gasteiger charge is -2.20. The van der Waals surface area contributed by atoms with Crippen molar-refractivity contribution in [3.05, 3.63) is 70.4 Å². The van der Waals surface area contributed by atoms with E-state index in [1.54, 1.807) is 6.07 Å². The summed E-state index contributed by atoms with van der Waals surface area (Å²) in [4.78, 5) is 20.0. The highest BCUT2D eigenvalue weighted by Crippen LogP contribution is 2.38. The van der Waals surface area contributed by atoms with Gasteiger partial charge in [0.2, 0.25) is 0 Å². The van der Waals surface area contributed by atoms with Crippen LogP contribution in [-0.4, -0.2) is 30.2 Å². The van der Waals surface area contributed by atoms with Gasteiger partial charge in [0.25, 0.3) is 5.91 Å². The smallest absolute Gasteiger partial charge is 0.265 e. The summed E-state index contributed by atoms with van der Waals surface area (Å²) < 4.78 is 6.11. The van der Waals surface area contributed by atoms with E-state index in [4.69, 9.17) is 9.73 Å². The van der Waals surface area contributed by atoms with Gasteiger partial charge in [0, 0.05) is 19.3 Å². The third kappa shape index (κ3) is 3.44. The summed E-state index contributed by atoms with van der Waals surface area (Å²) in [6.07, 6.45) is 0. The van der Waals surface area contributed by atoms with Gasteiger partial charge in [-0.05, 0) is 48.7 Å². The maximum absolute atomic E-state index is 12.4. The number of thiophene rings is 1. The van der Waals surface area contributed by atoms with Crippen molar-refractivity contribution < 1.29 is 9.53 Å². The number of carbonyl (C=O) groups excluding carboxylic acids is 1. The predicted molar refractivity (Wildman–Crippen MR) is 110 cm³/mol. The maximum atomic E-state index is 12.4. The lowest BCUT2D eigenvalue weighted by atomic mass is 10.1. The van der Waals surface area contributed by atoms with Gasteiger partial charge in [-0.3, -0.25) is 4.79 Å². The lowest BCUT2D eigenvalue weighted by Crippen LogP contribution is -2.27. The number of carbonyl (C=O) groups is 1. The van der Waals surface area contributed by atoms with Crippen LogP contribution < -0.4 is 10.1 Å². The number of para-hydroxylation sites is 2. The Hall–Kier alpha value is -3.12. The molecule has 2 aromatic carbocycles. The summed E-state index contributed by atoms with van der Waals surface area (Å²) in [5.74, 6) is 2.12. The zero-order valence-corrected chi connectivity index (χ0v) is 15.9. The van der Waals surface area contributed by atoms with Gasteiger partial charge in [-0.1, -0.05) is 18.2 Å². The number of nitrogens with zero attached hydrogens (tertiary/aromatic N) is 2. The van der Waals surface area contributed by atoms with Gasteiger partial charge in [0.1, 0.15) is 17.3 Å². The monoisotopic (exact) mass is 377 g/mol. The zero-order valence-electron chi connectivity index (χ0n) is 15.1. The fourth-order valence-corrected chi connectivity index (χ4v) is 3.46. The number of hydrogen-bond acceptors (Lipinski definition) is 5. The van der Waals surface area contributed by atoms with E-state index in [2.05, 4.69) is 17.1 Å². The van der Waals surface area contributed by atoms with E-state index in [9.17, 15) is 4.79 Å². The second-order valence-electron chi connectivity index (χ2n) is 6.16. The van der Waals surface area contributed by atoms with E-state index < -0.39 is 0 Å². The van der Waals surface area contributed by atoms with Gasteiger partial charge in [-0.25, -0.2) is 4.99 Å². The Labute approximate surface area is 161 Å². The highest BCUT2D eigenvalue weighted by Gasteiger charge is 2.21. The molecule has 0 radical (unpaired) electrons. The largest absolute Gasteiger partial charge is 0.454 e. The Bertz CT molecular complexity index is 1010. The Morgan fingerprint density at radius 3 is 2.78 bits per heavy atom. The molecule has 0 spiro atoms. The Morgan fingerprint density at radius 2 is 2.00 bits per heavy atom. The highest BCUT2D eigenvalue weighted by molar-refractivity contribution is 7.12. The van der Waals surface area contributed by atoms with Gasteiger partial charge < -0.3 is 15.0 Å². The van der Waals surface area contributed by atoms with Gasteiger partial charge in [-0.15, -0.1) is 11.3 Å². The SMILES string of the molecule is CCN(C)C1=Nc2ccccc2Oc2ccc(NC(=O)c3cccs3)cc21. The molecule has 5 nitrogen and oxygen atoms in total. The number of ether oxygens (including phenoxy) is 1. The summed E-state index contributed by atoms with van der Waals surface area (Å²) >= 11 is 1.41. The molecule has 3 aromatic rings. The number of amides is 1. The van der Waals surface area contributed by atoms with E-state index in [0.717, 1.165) is 23.6 Å². The number of hydrogen-bond donors (Lipinski definition) is 1. The minimum atomic E-state index is -0.120. The molecular formula is C21H19N3O2S. The number of anilines is 1. The summed E-state index contributed by atoms with van der Waals surface area (Å²) in [7, 11) is 1.99. The first-order chi connectivity index (χ1) is 13.2. The minimum Gasteiger partial charge on any atom is -0.454 e. The van der Waals surface area contributed by atoms with Crippen LogP contribution in [0.15, 0.2) is 65.0 Å². The molecule has 0 atom stereocenters. The molecule has 1 aliphatic rings. The molecule has 2 heterocycles. The molecule has 27 heavy (non-hydrogen) atoms. The summed E-state index contributed by atoms with van der Waals surface area (Å²) in [5.41, 5.74) is 2.34. The van der Waals surface area contributed by atoms with Crippen LogP contribution in [0.5, 0.6) is 11.5 Å².